The number of rotatable bonds is 5. The largest absolute Gasteiger partial charge is 0.373 e. The zero-order chi connectivity index (χ0) is 23.4. The van der Waals surface area contributed by atoms with Gasteiger partial charge in [0.05, 0.1) is 18.9 Å². The van der Waals surface area contributed by atoms with E-state index in [0.29, 0.717) is 36.3 Å². The number of epoxide rings is 1. The van der Waals surface area contributed by atoms with Crippen LogP contribution >= 0.6 is 0 Å². The Bertz CT molecular complexity index is 1160. The van der Waals surface area contributed by atoms with Crippen LogP contribution in [-0.2, 0) is 11.2 Å². The van der Waals surface area contributed by atoms with Gasteiger partial charge in [0.15, 0.2) is 0 Å². The summed E-state index contributed by atoms with van der Waals surface area (Å²) < 4.78 is 19.2. The van der Waals surface area contributed by atoms with E-state index >= 15 is 0 Å². The van der Waals surface area contributed by atoms with Gasteiger partial charge in [-0.1, -0.05) is 26.0 Å². The average molecular weight is 461 g/mol. The molecule has 2 unspecified atom stereocenters. The van der Waals surface area contributed by atoms with Crippen LogP contribution in [0.1, 0.15) is 72.5 Å². The van der Waals surface area contributed by atoms with Gasteiger partial charge in [-0.15, -0.1) is 0 Å². The highest BCUT2D eigenvalue weighted by Crippen LogP contribution is 2.63. The third-order valence-corrected chi connectivity index (χ3v) is 9.16. The molecule has 1 amide bonds. The fourth-order valence-electron chi connectivity index (χ4n) is 7.17. The Kier molecular flexibility index (Phi) is 5.36. The third kappa shape index (κ3) is 3.69. The minimum absolute atomic E-state index is 0.0157. The topological polar surface area (TPSA) is 54.5 Å². The predicted molar refractivity (Wildman–Crippen MR) is 130 cm³/mol. The first-order valence-electron chi connectivity index (χ1n) is 12.8. The number of amides is 1. The molecule has 1 saturated carbocycles. The molecule has 0 radical (unpaired) electrons. The number of aromatic nitrogens is 1. The second-order valence-electron chi connectivity index (χ2n) is 11.1. The van der Waals surface area contributed by atoms with Crippen LogP contribution in [0.15, 0.2) is 42.7 Å². The smallest absolute Gasteiger partial charge is 0.251 e. The Labute approximate surface area is 201 Å². The number of pyridine rings is 1. The Morgan fingerprint density at radius 3 is 2.94 bits per heavy atom. The molecule has 6 atom stereocenters. The van der Waals surface area contributed by atoms with Crippen LogP contribution in [-0.4, -0.2) is 30.1 Å². The predicted octanol–water partition coefficient (Wildman–Crippen LogP) is 5.54. The normalized spacial score (nSPS) is 32.1. The number of allylic oxidation sites excluding steroid dienone is 2. The van der Waals surface area contributed by atoms with E-state index in [1.54, 1.807) is 6.07 Å². The number of halogens is 1. The summed E-state index contributed by atoms with van der Waals surface area (Å²) in [6.45, 7) is 5.97. The van der Waals surface area contributed by atoms with Crippen molar-refractivity contribution in [2.24, 2.45) is 23.2 Å². The number of hydrogen-bond acceptors (Lipinski definition) is 3. The van der Waals surface area contributed by atoms with Gasteiger partial charge in [0.25, 0.3) is 5.91 Å². The van der Waals surface area contributed by atoms with Crippen molar-refractivity contribution in [3.05, 3.63) is 70.8 Å². The van der Waals surface area contributed by atoms with Gasteiger partial charge in [-0.2, -0.15) is 0 Å². The highest BCUT2D eigenvalue weighted by molar-refractivity contribution is 5.94. The number of nitrogens with zero attached hydrogens (tertiary/aromatic N) is 1. The van der Waals surface area contributed by atoms with Crippen LogP contribution < -0.4 is 5.32 Å². The zero-order valence-electron chi connectivity index (χ0n) is 20.0. The standard InChI is InChI=1S/C29H33FN2O2/c1-17(27-16-34-27)13-32-28(33)19-4-5-22-18(11-19)3-6-24-23(22)9-10-29(2)25(7-8-26(24)29)20-12-21(30)15-31-14-20/h4-5,7,11-12,14-15,17,23-24,26-27H,3,6,8-10,13,16H2,1-2H3,(H,32,33)/t17?,23-,24-,26+,27?,29-/m1/s1. The van der Waals surface area contributed by atoms with E-state index in [1.807, 2.05) is 12.3 Å². The molecule has 178 valence electrons. The van der Waals surface area contributed by atoms with Gasteiger partial charge < -0.3 is 10.1 Å². The van der Waals surface area contributed by atoms with Crippen molar-refractivity contribution in [2.75, 3.05) is 13.2 Å². The van der Waals surface area contributed by atoms with Crippen LogP contribution in [0.5, 0.6) is 0 Å². The number of benzene rings is 1. The Balaban J connectivity index is 1.19. The van der Waals surface area contributed by atoms with Crippen LogP contribution in [0, 0.1) is 29.0 Å². The summed E-state index contributed by atoms with van der Waals surface area (Å²) in [5, 5.41) is 3.09. The van der Waals surface area contributed by atoms with Gasteiger partial charge in [0.2, 0.25) is 0 Å². The summed E-state index contributed by atoms with van der Waals surface area (Å²) in [4.78, 5) is 16.9. The lowest BCUT2D eigenvalue weighted by molar-refractivity contribution is 0.0884. The number of hydrogen-bond donors (Lipinski definition) is 1. The molecule has 34 heavy (non-hydrogen) atoms. The lowest BCUT2D eigenvalue weighted by atomic mass is 9.54. The minimum Gasteiger partial charge on any atom is -0.373 e. The molecule has 5 heteroatoms. The monoisotopic (exact) mass is 460 g/mol. The molecule has 2 heterocycles. The van der Waals surface area contributed by atoms with Crippen molar-refractivity contribution < 1.29 is 13.9 Å². The van der Waals surface area contributed by atoms with E-state index in [-0.39, 0.29) is 17.1 Å². The highest BCUT2D eigenvalue weighted by atomic mass is 19.1. The molecule has 1 N–H and O–H groups in total. The molecule has 4 nitrogen and oxygen atoms in total. The maximum absolute atomic E-state index is 13.9. The van der Waals surface area contributed by atoms with Gasteiger partial charge >= 0.3 is 0 Å². The Morgan fingerprint density at radius 2 is 2.15 bits per heavy atom. The van der Waals surface area contributed by atoms with Crippen LogP contribution in [0.4, 0.5) is 4.39 Å². The minimum atomic E-state index is -0.263. The van der Waals surface area contributed by atoms with Gasteiger partial charge in [-0.3, -0.25) is 9.78 Å². The first-order valence-corrected chi connectivity index (χ1v) is 12.8. The first-order chi connectivity index (χ1) is 16.4. The van der Waals surface area contributed by atoms with Crippen molar-refractivity contribution in [3.8, 4) is 0 Å². The number of carbonyl (C=O) groups excluding carboxylic acids is 1. The average Bonchev–Trinajstić information content (AvgIpc) is 3.63. The van der Waals surface area contributed by atoms with Gasteiger partial charge in [0, 0.05) is 24.2 Å². The summed E-state index contributed by atoms with van der Waals surface area (Å²) in [5.74, 6) is 1.85. The Morgan fingerprint density at radius 1 is 1.29 bits per heavy atom. The molecular weight excluding hydrogens is 427 g/mol. The maximum Gasteiger partial charge on any atom is 0.251 e. The van der Waals surface area contributed by atoms with Crippen LogP contribution in [0.2, 0.25) is 0 Å². The van der Waals surface area contributed by atoms with Crippen molar-refractivity contribution >= 4 is 11.5 Å². The van der Waals surface area contributed by atoms with Gasteiger partial charge in [0.1, 0.15) is 5.82 Å². The molecule has 1 aromatic heterocycles. The van der Waals surface area contributed by atoms with E-state index < -0.39 is 0 Å². The molecule has 1 aliphatic heterocycles. The Hall–Kier alpha value is -2.53. The SMILES string of the molecule is CC(CNC(=O)c1ccc2c(c1)CC[C@@H]1[C@@H]2CC[C@]2(C)C(c3cncc(F)c3)=CC[C@@H]12)C1CO1. The number of fused-ring (bicyclic) bond motifs is 5. The fourth-order valence-corrected chi connectivity index (χ4v) is 7.17. The molecule has 0 spiro atoms. The molecule has 6 rings (SSSR count). The van der Waals surface area contributed by atoms with E-state index in [9.17, 15) is 9.18 Å². The van der Waals surface area contributed by atoms with Crippen LogP contribution in [0.3, 0.4) is 0 Å². The van der Waals surface area contributed by atoms with E-state index in [4.69, 9.17) is 4.74 Å². The fraction of sp³-hybridized carbons (Fsp3) is 0.517. The maximum atomic E-state index is 13.9. The number of ether oxygens (including phenoxy) is 1. The first kappa shape index (κ1) is 22.0. The molecule has 4 aliphatic rings. The van der Waals surface area contributed by atoms with E-state index in [0.717, 1.165) is 49.8 Å². The van der Waals surface area contributed by atoms with Crippen molar-refractivity contribution in [1.29, 1.82) is 0 Å². The second-order valence-corrected chi connectivity index (χ2v) is 11.1. The van der Waals surface area contributed by atoms with Gasteiger partial charge in [-0.05, 0) is 95.7 Å². The molecule has 3 aliphatic carbocycles. The lowest BCUT2D eigenvalue weighted by Gasteiger charge is -2.50. The van der Waals surface area contributed by atoms with Crippen molar-refractivity contribution in [2.45, 2.75) is 58.0 Å². The molecule has 0 bridgehead atoms. The van der Waals surface area contributed by atoms with Crippen molar-refractivity contribution in [1.82, 2.24) is 10.3 Å². The summed E-state index contributed by atoms with van der Waals surface area (Å²) in [5.41, 5.74) is 5.86. The number of aryl methyl sites for hydroxylation is 1. The third-order valence-electron chi connectivity index (χ3n) is 9.16. The van der Waals surface area contributed by atoms with E-state index in [2.05, 4.69) is 42.4 Å². The molecule has 2 aromatic rings. The summed E-state index contributed by atoms with van der Waals surface area (Å²) >= 11 is 0. The number of carbonyl (C=O) groups is 1. The van der Waals surface area contributed by atoms with Gasteiger partial charge in [-0.25, -0.2) is 4.39 Å². The summed E-state index contributed by atoms with van der Waals surface area (Å²) in [6.07, 6.45) is 11.2. The molecule has 2 fully saturated rings. The van der Waals surface area contributed by atoms with Crippen LogP contribution in [0.25, 0.3) is 5.57 Å². The van der Waals surface area contributed by atoms with E-state index in [1.165, 1.54) is 22.9 Å². The molecule has 1 saturated heterocycles. The van der Waals surface area contributed by atoms with Crippen molar-refractivity contribution in [3.63, 3.8) is 0 Å². The molecule has 1 aromatic carbocycles. The second kappa shape index (κ2) is 8.30. The summed E-state index contributed by atoms with van der Waals surface area (Å²) in [7, 11) is 0. The molecular formula is C29H33FN2O2. The summed E-state index contributed by atoms with van der Waals surface area (Å²) in [6, 6.07) is 8.00. The number of nitrogens with one attached hydrogen (secondary N) is 1. The quantitative estimate of drug-likeness (QED) is 0.597. The zero-order valence-corrected chi connectivity index (χ0v) is 20.0. The lowest BCUT2D eigenvalue weighted by Crippen LogP contribution is -2.41. The highest BCUT2D eigenvalue weighted by Gasteiger charge is 2.52.